The van der Waals surface area contributed by atoms with Gasteiger partial charge in [-0.25, -0.2) is 14.7 Å². The van der Waals surface area contributed by atoms with Crippen LogP contribution in [0.2, 0.25) is 5.02 Å². The van der Waals surface area contributed by atoms with Crippen molar-refractivity contribution in [2.45, 2.75) is 32.4 Å². The molecule has 0 aliphatic carbocycles. The molecule has 0 aliphatic rings. The third-order valence-corrected chi connectivity index (χ3v) is 4.80. The molecule has 0 fully saturated rings. The van der Waals surface area contributed by atoms with Crippen molar-refractivity contribution in [2.24, 2.45) is 0 Å². The smallest absolute Gasteiger partial charge is 0.332 e. The summed E-state index contributed by atoms with van der Waals surface area (Å²) in [5, 5.41) is 16.6. The van der Waals surface area contributed by atoms with E-state index in [1.807, 2.05) is 37.3 Å². The second kappa shape index (κ2) is 9.11. The lowest BCUT2D eigenvalue weighted by Crippen LogP contribution is -2.40. The van der Waals surface area contributed by atoms with Crippen molar-refractivity contribution in [1.29, 1.82) is 0 Å². The van der Waals surface area contributed by atoms with E-state index in [1.165, 1.54) is 4.90 Å². The Labute approximate surface area is 180 Å². The highest BCUT2D eigenvalue weighted by Crippen LogP contribution is 2.26. The summed E-state index contributed by atoms with van der Waals surface area (Å²) in [7, 11) is 0. The van der Waals surface area contributed by atoms with E-state index in [-0.39, 0.29) is 6.04 Å². The highest BCUT2D eigenvalue weighted by Gasteiger charge is 2.24. The molecule has 0 unspecified atom stereocenters. The van der Waals surface area contributed by atoms with Crippen LogP contribution in [-0.2, 0) is 0 Å². The Morgan fingerprint density at radius 2 is 1.87 bits per heavy atom. The summed E-state index contributed by atoms with van der Waals surface area (Å²) in [6, 6.07) is 17.0. The molecule has 3 rings (SSSR count). The highest BCUT2D eigenvalue weighted by atomic mass is 35.5. The van der Waals surface area contributed by atoms with Gasteiger partial charge in [0.15, 0.2) is 0 Å². The molecule has 8 heteroatoms. The third-order valence-electron chi connectivity index (χ3n) is 4.57. The summed E-state index contributed by atoms with van der Waals surface area (Å²) < 4.78 is 0. The molecule has 1 heterocycles. The van der Waals surface area contributed by atoms with Crippen LogP contribution in [0.1, 0.15) is 20.8 Å². The lowest BCUT2D eigenvalue weighted by atomic mass is 10.0. The molecule has 1 atom stereocenters. The van der Waals surface area contributed by atoms with E-state index < -0.39 is 11.6 Å². The predicted octanol–water partition coefficient (Wildman–Crippen LogP) is 5.07. The van der Waals surface area contributed by atoms with E-state index in [0.717, 1.165) is 0 Å². The number of nitrogens with one attached hydrogen (secondary N) is 2. The summed E-state index contributed by atoms with van der Waals surface area (Å²) in [4.78, 5) is 23.3. The molecule has 0 aliphatic heterocycles. The third kappa shape index (κ3) is 5.46. The highest BCUT2D eigenvalue weighted by molar-refractivity contribution is 6.31. The van der Waals surface area contributed by atoms with E-state index in [2.05, 4.69) is 20.6 Å². The monoisotopic (exact) mass is 425 g/mol. The molecule has 0 radical (unpaired) electrons. The van der Waals surface area contributed by atoms with Gasteiger partial charge in [0.05, 0.1) is 17.3 Å². The van der Waals surface area contributed by atoms with Gasteiger partial charge in [-0.3, -0.25) is 0 Å². The van der Waals surface area contributed by atoms with Crippen molar-refractivity contribution in [1.82, 2.24) is 9.97 Å². The molecule has 7 nitrogen and oxygen atoms in total. The van der Waals surface area contributed by atoms with Gasteiger partial charge in [0.1, 0.15) is 5.82 Å². The molecule has 1 aromatic heterocycles. The first-order valence-electron chi connectivity index (χ1n) is 9.48. The number of halogens is 1. The molecular weight excluding hydrogens is 402 g/mol. The zero-order valence-electron chi connectivity index (χ0n) is 17.0. The number of benzene rings is 2. The minimum absolute atomic E-state index is 0.304. The maximum Gasteiger partial charge on any atom is 0.332 e. The number of rotatable bonds is 6. The average Bonchev–Trinajstić information content (AvgIpc) is 2.68. The lowest BCUT2D eigenvalue weighted by Gasteiger charge is -2.27. The number of carbonyl (C=O) groups excluding carboxylic acids is 1. The first-order chi connectivity index (χ1) is 14.2. The first kappa shape index (κ1) is 21.5. The molecular formula is C22H24ClN5O2. The fourth-order valence-electron chi connectivity index (χ4n) is 2.59. The van der Waals surface area contributed by atoms with Crippen molar-refractivity contribution in [2.75, 3.05) is 15.5 Å². The van der Waals surface area contributed by atoms with Crippen molar-refractivity contribution in [3.63, 3.8) is 0 Å². The van der Waals surface area contributed by atoms with Gasteiger partial charge in [-0.05, 0) is 51.1 Å². The van der Waals surface area contributed by atoms with Crippen LogP contribution in [-0.4, -0.2) is 32.7 Å². The van der Waals surface area contributed by atoms with Crippen LogP contribution in [0.4, 0.5) is 27.9 Å². The zero-order chi connectivity index (χ0) is 21.7. The predicted molar refractivity (Wildman–Crippen MR) is 120 cm³/mol. The van der Waals surface area contributed by atoms with Gasteiger partial charge in [-0.2, -0.15) is 4.98 Å². The minimum Gasteiger partial charge on any atom is -0.388 e. The second-order valence-corrected chi connectivity index (χ2v) is 7.81. The molecule has 0 saturated heterocycles. The maximum atomic E-state index is 13.2. The van der Waals surface area contributed by atoms with Crippen molar-refractivity contribution < 1.29 is 9.90 Å². The Morgan fingerprint density at radius 1 is 1.13 bits per heavy atom. The number of carbonyl (C=O) groups is 1. The fourth-order valence-corrected chi connectivity index (χ4v) is 2.78. The van der Waals surface area contributed by atoms with Crippen LogP contribution in [0.25, 0.3) is 0 Å². The van der Waals surface area contributed by atoms with E-state index in [0.29, 0.717) is 28.2 Å². The number of anilines is 4. The Hall–Kier alpha value is -3.16. The van der Waals surface area contributed by atoms with Crippen LogP contribution in [0.3, 0.4) is 0 Å². The Bertz CT molecular complexity index is 1010. The summed E-state index contributed by atoms with van der Waals surface area (Å²) in [5.41, 5.74) is 0.233. The van der Waals surface area contributed by atoms with Gasteiger partial charge in [-0.1, -0.05) is 35.9 Å². The standard InChI is InChI=1S/C22H24ClN5O2/c1-15(22(2,3)30)25-20-24-13-12-19(27-20)28(18-10-5-4-6-11-18)21(29)26-17-9-7-8-16(23)14-17/h4-15,30H,1-3H3,(H,26,29)(H,24,25,27)/t15-/m0/s1. The van der Waals surface area contributed by atoms with Gasteiger partial charge >= 0.3 is 6.03 Å². The molecule has 2 aromatic carbocycles. The number of aromatic nitrogens is 2. The normalized spacial score (nSPS) is 12.2. The summed E-state index contributed by atoms with van der Waals surface area (Å²) in [6.07, 6.45) is 1.56. The van der Waals surface area contributed by atoms with Crippen LogP contribution in [0.15, 0.2) is 66.9 Å². The van der Waals surface area contributed by atoms with E-state index in [9.17, 15) is 9.90 Å². The number of hydrogen-bond donors (Lipinski definition) is 3. The molecule has 156 valence electrons. The zero-order valence-corrected chi connectivity index (χ0v) is 17.8. The van der Waals surface area contributed by atoms with Crippen molar-refractivity contribution in [3.05, 3.63) is 71.9 Å². The largest absolute Gasteiger partial charge is 0.388 e. The summed E-state index contributed by atoms with van der Waals surface area (Å²) in [5.74, 6) is 0.680. The van der Waals surface area contributed by atoms with Crippen LogP contribution in [0, 0.1) is 0 Å². The second-order valence-electron chi connectivity index (χ2n) is 7.37. The van der Waals surface area contributed by atoms with E-state index >= 15 is 0 Å². The topological polar surface area (TPSA) is 90.4 Å². The molecule has 2 amide bonds. The Kier molecular flexibility index (Phi) is 6.54. The number of para-hydroxylation sites is 1. The van der Waals surface area contributed by atoms with Crippen LogP contribution < -0.4 is 15.5 Å². The van der Waals surface area contributed by atoms with E-state index in [4.69, 9.17) is 11.6 Å². The van der Waals surface area contributed by atoms with E-state index in [1.54, 1.807) is 50.4 Å². The summed E-state index contributed by atoms with van der Waals surface area (Å²) in [6.45, 7) is 5.23. The number of nitrogens with zero attached hydrogens (tertiary/aromatic N) is 3. The number of urea groups is 1. The van der Waals surface area contributed by atoms with Gasteiger partial charge < -0.3 is 15.7 Å². The molecule has 3 aromatic rings. The maximum absolute atomic E-state index is 13.2. The molecule has 0 saturated carbocycles. The van der Waals surface area contributed by atoms with Crippen LogP contribution >= 0.6 is 11.6 Å². The van der Waals surface area contributed by atoms with Crippen molar-refractivity contribution >= 4 is 40.8 Å². The van der Waals surface area contributed by atoms with Gasteiger partial charge in [0.2, 0.25) is 5.95 Å². The molecule has 30 heavy (non-hydrogen) atoms. The number of hydrogen-bond acceptors (Lipinski definition) is 5. The average molecular weight is 426 g/mol. The quantitative estimate of drug-likeness (QED) is 0.512. The molecule has 0 spiro atoms. The SMILES string of the molecule is C[C@H](Nc1nccc(N(C(=O)Nc2cccc(Cl)c2)c2ccccc2)n1)C(C)(C)O. The summed E-state index contributed by atoms with van der Waals surface area (Å²) >= 11 is 6.03. The fraction of sp³-hybridized carbons (Fsp3) is 0.227. The van der Waals surface area contributed by atoms with Crippen LogP contribution in [0.5, 0.6) is 0 Å². The first-order valence-corrected chi connectivity index (χ1v) is 9.85. The molecule has 3 N–H and O–H groups in total. The van der Waals surface area contributed by atoms with Gasteiger partial charge in [0.25, 0.3) is 0 Å². The number of aliphatic hydroxyl groups is 1. The lowest BCUT2D eigenvalue weighted by molar-refractivity contribution is 0.0646. The Balaban J connectivity index is 1.93. The van der Waals surface area contributed by atoms with Gasteiger partial charge in [-0.15, -0.1) is 0 Å². The number of amides is 2. The molecule has 0 bridgehead atoms. The Morgan fingerprint density at radius 3 is 2.53 bits per heavy atom. The van der Waals surface area contributed by atoms with Gasteiger partial charge in [0, 0.05) is 23.0 Å². The minimum atomic E-state index is -0.970. The van der Waals surface area contributed by atoms with Crippen molar-refractivity contribution in [3.8, 4) is 0 Å².